The minimum absolute atomic E-state index is 0.0882. The molecule has 4 heteroatoms. The first-order chi connectivity index (χ1) is 7.11. The van der Waals surface area contributed by atoms with Crippen LogP contribution in [0.2, 0.25) is 0 Å². The van der Waals surface area contributed by atoms with Crippen molar-refractivity contribution in [3.05, 3.63) is 29.8 Å². The molecule has 1 atom stereocenters. The first kappa shape index (κ1) is 11.5. The average molecular weight is 208 g/mol. The Kier molecular flexibility index (Phi) is 4.12. The summed E-state index contributed by atoms with van der Waals surface area (Å²) in [5.41, 5.74) is 11.7. The number of hydrogen-bond donors (Lipinski definition) is 2. The van der Waals surface area contributed by atoms with Crippen molar-refractivity contribution in [3.8, 4) is 5.75 Å². The van der Waals surface area contributed by atoms with Crippen LogP contribution in [0.15, 0.2) is 24.3 Å². The SMILES string of the molecule is C[C@H](N)c1ccccc1OCCC(N)=O. The molecule has 0 bridgehead atoms. The molecule has 0 unspecified atom stereocenters. The van der Waals surface area contributed by atoms with E-state index in [1.807, 2.05) is 31.2 Å². The maximum atomic E-state index is 10.5. The molecule has 0 spiro atoms. The van der Waals surface area contributed by atoms with E-state index in [1.54, 1.807) is 0 Å². The lowest BCUT2D eigenvalue weighted by atomic mass is 10.1. The fourth-order valence-electron chi connectivity index (χ4n) is 1.25. The first-order valence-corrected chi connectivity index (χ1v) is 4.87. The highest BCUT2D eigenvalue weighted by atomic mass is 16.5. The standard InChI is InChI=1S/C11H16N2O2/c1-8(12)9-4-2-3-5-10(9)15-7-6-11(13)14/h2-5,8H,6-7,12H2,1H3,(H2,13,14)/t8-/m0/s1. The van der Waals surface area contributed by atoms with Crippen molar-refractivity contribution in [2.75, 3.05) is 6.61 Å². The van der Waals surface area contributed by atoms with E-state index in [-0.39, 0.29) is 18.4 Å². The summed E-state index contributed by atoms with van der Waals surface area (Å²) in [6.45, 7) is 2.18. The molecule has 4 N–H and O–H groups in total. The second-order valence-electron chi connectivity index (χ2n) is 3.39. The van der Waals surface area contributed by atoms with Gasteiger partial charge in [-0.05, 0) is 13.0 Å². The van der Waals surface area contributed by atoms with Gasteiger partial charge in [0.25, 0.3) is 0 Å². The molecular weight excluding hydrogens is 192 g/mol. The molecule has 4 nitrogen and oxygen atoms in total. The van der Waals surface area contributed by atoms with Crippen molar-refractivity contribution in [2.24, 2.45) is 11.5 Å². The smallest absolute Gasteiger partial charge is 0.220 e. The number of primary amides is 1. The number of ether oxygens (including phenoxy) is 1. The third kappa shape index (κ3) is 3.59. The minimum atomic E-state index is -0.367. The van der Waals surface area contributed by atoms with E-state index in [4.69, 9.17) is 16.2 Å². The van der Waals surface area contributed by atoms with Gasteiger partial charge in [0.05, 0.1) is 13.0 Å². The summed E-state index contributed by atoms with van der Waals surface area (Å²) < 4.78 is 5.43. The van der Waals surface area contributed by atoms with Crippen LogP contribution in [-0.2, 0) is 4.79 Å². The van der Waals surface area contributed by atoms with E-state index in [9.17, 15) is 4.79 Å². The Balaban J connectivity index is 2.63. The highest BCUT2D eigenvalue weighted by Crippen LogP contribution is 2.23. The van der Waals surface area contributed by atoms with Gasteiger partial charge in [0.1, 0.15) is 5.75 Å². The average Bonchev–Trinajstić information content (AvgIpc) is 2.17. The van der Waals surface area contributed by atoms with Crippen LogP contribution in [0, 0.1) is 0 Å². The minimum Gasteiger partial charge on any atom is -0.493 e. The van der Waals surface area contributed by atoms with Crippen LogP contribution in [-0.4, -0.2) is 12.5 Å². The van der Waals surface area contributed by atoms with Crippen LogP contribution in [0.4, 0.5) is 0 Å². The number of carbonyl (C=O) groups is 1. The van der Waals surface area contributed by atoms with E-state index >= 15 is 0 Å². The largest absolute Gasteiger partial charge is 0.493 e. The van der Waals surface area contributed by atoms with Gasteiger partial charge in [0, 0.05) is 11.6 Å². The number of nitrogens with two attached hydrogens (primary N) is 2. The lowest BCUT2D eigenvalue weighted by molar-refractivity contribution is -0.118. The van der Waals surface area contributed by atoms with E-state index in [2.05, 4.69) is 0 Å². The molecule has 0 radical (unpaired) electrons. The third-order valence-electron chi connectivity index (χ3n) is 2.02. The Morgan fingerprint density at radius 3 is 2.73 bits per heavy atom. The van der Waals surface area contributed by atoms with Crippen LogP contribution >= 0.6 is 0 Å². The molecule has 0 aliphatic rings. The lowest BCUT2D eigenvalue weighted by Crippen LogP contribution is -2.15. The lowest BCUT2D eigenvalue weighted by Gasteiger charge is -2.12. The van der Waals surface area contributed by atoms with Gasteiger partial charge in [-0.2, -0.15) is 0 Å². The maximum Gasteiger partial charge on any atom is 0.220 e. The monoisotopic (exact) mass is 208 g/mol. The van der Waals surface area contributed by atoms with Crippen molar-refractivity contribution < 1.29 is 9.53 Å². The third-order valence-corrected chi connectivity index (χ3v) is 2.02. The fraction of sp³-hybridized carbons (Fsp3) is 0.364. The Labute approximate surface area is 89.2 Å². The fourth-order valence-corrected chi connectivity index (χ4v) is 1.25. The van der Waals surface area contributed by atoms with Gasteiger partial charge in [0.2, 0.25) is 5.91 Å². The van der Waals surface area contributed by atoms with Gasteiger partial charge in [-0.3, -0.25) is 4.79 Å². The molecule has 0 saturated heterocycles. The van der Waals surface area contributed by atoms with Gasteiger partial charge in [-0.15, -0.1) is 0 Å². The van der Waals surface area contributed by atoms with Gasteiger partial charge in [0.15, 0.2) is 0 Å². The number of hydrogen-bond acceptors (Lipinski definition) is 3. The number of benzene rings is 1. The summed E-state index contributed by atoms with van der Waals surface area (Å²) >= 11 is 0. The maximum absolute atomic E-state index is 10.5. The van der Waals surface area contributed by atoms with Crippen molar-refractivity contribution >= 4 is 5.91 Å². The molecule has 1 rings (SSSR count). The molecule has 1 amide bonds. The zero-order valence-corrected chi connectivity index (χ0v) is 8.77. The molecule has 0 aromatic heterocycles. The molecule has 15 heavy (non-hydrogen) atoms. The Hall–Kier alpha value is -1.55. The molecule has 1 aromatic rings. The Morgan fingerprint density at radius 1 is 1.47 bits per heavy atom. The molecular formula is C11H16N2O2. The zero-order valence-electron chi connectivity index (χ0n) is 8.77. The van der Waals surface area contributed by atoms with Gasteiger partial charge in [-0.1, -0.05) is 18.2 Å². The zero-order chi connectivity index (χ0) is 11.3. The quantitative estimate of drug-likeness (QED) is 0.756. The molecule has 0 heterocycles. The van der Waals surface area contributed by atoms with E-state index in [0.29, 0.717) is 12.4 Å². The van der Waals surface area contributed by atoms with E-state index in [1.165, 1.54) is 0 Å². The van der Waals surface area contributed by atoms with Crippen molar-refractivity contribution in [1.29, 1.82) is 0 Å². The predicted octanol–water partition coefficient (Wildman–Crippen LogP) is 0.961. The second-order valence-corrected chi connectivity index (χ2v) is 3.39. The van der Waals surface area contributed by atoms with Crippen molar-refractivity contribution in [2.45, 2.75) is 19.4 Å². The van der Waals surface area contributed by atoms with Gasteiger partial charge < -0.3 is 16.2 Å². The molecule has 0 fully saturated rings. The Morgan fingerprint density at radius 2 is 2.13 bits per heavy atom. The summed E-state index contributed by atoms with van der Waals surface area (Å²) in [6, 6.07) is 7.42. The number of amides is 1. The first-order valence-electron chi connectivity index (χ1n) is 4.87. The van der Waals surface area contributed by atoms with Crippen LogP contribution in [0.5, 0.6) is 5.75 Å². The van der Waals surface area contributed by atoms with Gasteiger partial charge in [-0.25, -0.2) is 0 Å². The predicted molar refractivity (Wildman–Crippen MR) is 58.4 cm³/mol. The summed E-state index contributed by atoms with van der Waals surface area (Å²) in [5.74, 6) is 0.349. The van der Waals surface area contributed by atoms with Crippen LogP contribution in [0.3, 0.4) is 0 Å². The molecule has 0 aliphatic carbocycles. The highest BCUT2D eigenvalue weighted by Gasteiger charge is 2.06. The van der Waals surface area contributed by atoms with Crippen LogP contribution in [0.1, 0.15) is 24.9 Å². The van der Waals surface area contributed by atoms with Crippen LogP contribution < -0.4 is 16.2 Å². The van der Waals surface area contributed by atoms with Gasteiger partial charge >= 0.3 is 0 Å². The normalized spacial score (nSPS) is 12.1. The Bertz CT molecular complexity index is 337. The number of para-hydroxylation sites is 1. The van der Waals surface area contributed by atoms with Crippen molar-refractivity contribution in [3.63, 3.8) is 0 Å². The van der Waals surface area contributed by atoms with E-state index < -0.39 is 0 Å². The number of rotatable bonds is 5. The van der Waals surface area contributed by atoms with Crippen molar-refractivity contribution in [1.82, 2.24) is 0 Å². The van der Waals surface area contributed by atoms with Crippen LogP contribution in [0.25, 0.3) is 0 Å². The topological polar surface area (TPSA) is 78.3 Å². The summed E-state index contributed by atoms with van der Waals surface area (Å²) in [5, 5.41) is 0. The molecule has 0 saturated carbocycles. The summed E-state index contributed by atoms with van der Waals surface area (Å²) in [7, 11) is 0. The summed E-state index contributed by atoms with van der Waals surface area (Å²) in [4.78, 5) is 10.5. The number of carbonyl (C=O) groups excluding carboxylic acids is 1. The van der Waals surface area contributed by atoms with E-state index in [0.717, 1.165) is 5.56 Å². The molecule has 1 aromatic carbocycles. The summed E-state index contributed by atoms with van der Waals surface area (Å²) in [6.07, 6.45) is 0.216. The molecule has 0 aliphatic heterocycles. The highest BCUT2D eigenvalue weighted by molar-refractivity contribution is 5.73. The molecule has 82 valence electrons. The second kappa shape index (κ2) is 5.36.